The first-order chi connectivity index (χ1) is 10.7. The predicted octanol–water partition coefficient (Wildman–Crippen LogP) is 2.23. The van der Waals surface area contributed by atoms with E-state index in [0.29, 0.717) is 23.6 Å². The highest BCUT2D eigenvalue weighted by Crippen LogP contribution is 2.21. The van der Waals surface area contributed by atoms with Gasteiger partial charge in [0.05, 0.1) is 23.6 Å². The van der Waals surface area contributed by atoms with Gasteiger partial charge in [-0.25, -0.2) is 0 Å². The van der Waals surface area contributed by atoms with Gasteiger partial charge < -0.3 is 14.8 Å². The Kier molecular flexibility index (Phi) is 4.39. The van der Waals surface area contributed by atoms with E-state index in [1.54, 1.807) is 36.3 Å². The first kappa shape index (κ1) is 14.6. The Labute approximate surface area is 129 Å². The normalized spacial score (nSPS) is 17.4. The Morgan fingerprint density at radius 1 is 1.50 bits per heavy atom. The van der Waals surface area contributed by atoms with Crippen LogP contribution in [0.3, 0.4) is 0 Å². The topological polar surface area (TPSA) is 65.4 Å². The molecular weight excluding hydrogens is 282 g/mol. The van der Waals surface area contributed by atoms with Crippen molar-refractivity contribution >= 4 is 11.6 Å². The Balaban J connectivity index is 1.68. The second kappa shape index (κ2) is 6.62. The van der Waals surface area contributed by atoms with Gasteiger partial charge in [0.15, 0.2) is 0 Å². The Morgan fingerprint density at radius 2 is 2.36 bits per heavy atom. The fraction of sp³-hybridized carbons (Fsp3) is 0.375. The summed E-state index contributed by atoms with van der Waals surface area (Å²) in [4.78, 5) is 12.4. The van der Waals surface area contributed by atoms with Crippen molar-refractivity contribution in [2.24, 2.45) is 7.05 Å². The van der Waals surface area contributed by atoms with Crippen LogP contribution in [0.5, 0.6) is 5.75 Å². The molecule has 1 atom stereocenters. The molecule has 1 aromatic carbocycles. The molecule has 6 nitrogen and oxygen atoms in total. The average molecular weight is 301 g/mol. The third-order valence-corrected chi connectivity index (χ3v) is 3.54. The van der Waals surface area contributed by atoms with Crippen LogP contribution in [0.25, 0.3) is 0 Å². The first-order valence-corrected chi connectivity index (χ1v) is 7.36. The van der Waals surface area contributed by atoms with Crippen LogP contribution < -0.4 is 10.1 Å². The summed E-state index contributed by atoms with van der Waals surface area (Å²) in [6, 6.07) is 7.21. The summed E-state index contributed by atoms with van der Waals surface area (Å²) in [5.41, 5.74) is 1.16. The van der Waals surface area contributed by atoms with Crippen molar-refractivity contribution in [3.63, 3.8) is 0 Å². The number of para-hydroxylation sites is 1. The standard InChI is InChI=1S/C16H19N3O3/c1-19-10-12(9-17-19)18-16(20)14-6-2-3-7-15(14)22-11-13-5-4-8-21-13/h2-3,6-7,9-10,13H,4-5,8,11H2,1H3,(H,18,20)/t13-/m1/s1. The largest absolute Gasteiger partial charge is 0.490 e. The zero-order valence-corrected chi connectivity index (χ0v) is 12.5. The number of nitrogens with zero attached hydrogens (tertiary/aromatic N) is 2. The number of benzene rings is 1. The van der Waals surface area contributed by atoms with E-state index in [4.69, 9.17) is 9.47 Å². The van der Waals surface area contributed by atoms with Crippen LogP contribution in [-0.2, 0) is 11.8 Å². The number of carbonyl (C=O) groups is 1. The van der Waals surface area contributed by atoms with Gasteiger partial charge in [0.1, 0.15) is 12.4 Å². The van der Waals surface area contributed by atoms with Gasteiger partial charge in [-0.1, -0.05) is 12.1 Å². The van der Waals surface area contributed by atoms with E-state index in [0.717, 1.165) is 19.4 Å². The summed E-state index contributed by atoms with van der Waals surface area (Å²) in [7, 11) is 1.80. The number of hydrogen-bond donors (Lipinski definition) is 1. The smallest absolute Gasteiger partial charge is 0.259 e. The molecule has 0 aliphatic carbocycles. The number of rotatable bonds is 5. The monoisotopic (exact) mass is 301 g/mol. The summed E-state index contributed by atoms with van der Waals surface area (Å²) in [6.45, 7) is 1.26. The molecule has 1 saturated heterocycles. The van der Waals surface area contributed by atoms with Crippen molar-refractivity contribution in [2.75, 3.05) is 18.5 Å². The van der Waals surface area contributed by atoms with Crippen LogP contribution >= 0.6 is 0 Å². The van der Waals surface area contributed by atoms with Gasteiger partial charge in [-0.3, -0.25) is 9.48 Å². The number of aryl methyl sites for hydroxylation is 1. The molecule has 1 amide bonds. The van der Waals surface area contributed by atoms with Crippen LogP contribution in [0.15, 0.2) is 36.7 Å². The van der Waals surface area contributed by atoms with E-state index in [2.05, 4.69) is 10.4 Å². The quantitative estimate of drug-likeness (QED) is 0.919. The number of aromatic nitrogens is 2. The van der Waals surface area contributed by atoms with Crippen molar-refractivity contribution in [3.8, 4) is 5.75 Å². The van der Waals surface area contributed by atoms with Crippen molar-refractivity contribution < 1.29 is 14.3 Å². The lowest BCUT2D eigenvalue weighted by Crippen LogP contribution is -2.19. The van der Waals surface area contributed by atoms with Crippen LogP contribution in [-0.4, -0.2) is 35.0 Å². The predicted molar refractivity (Wildman–Crippen MR) is 82.1 cm³/mol. The Bertz CT molecular complexity index is 648. The molecule has 2 aromatic rings. The SMILES string of the molecule is Cn1cc(NC(=O)c2ccccc2OC[C@H]2CCCO2)cn1. The van der Waals surface area contributed by atoms with E-state index < -0.39 is 0 Å². The van der Waals surface area contributed by atoms with E-state index in [1.165, 1.54) is 0 Å². The lowest BCUT2D eigenvalue weighted by atomic mass is 10.2. The number of ether oxygens (including phenoxy) is 2. The number of hydrogen-bond acceptors (Lipinski definition) is 4. The van der Waals surface area contributed by atoms with E-state index in [-0.39, 0.29) is 12.0 Å². The fourth-order valence-electron chi connectivity index (χ4n) is 2.42. The van der Waals surface area contributed by atoms with Gasteiger partial charge in [-0.15, -0.1) is 0 Å². The highest BCUT2D eigenvalue weighted by atomic mass is 16.5. The van der Waals surface area contributed by atoms with Crippen molar-refractivity contribution in [1.82, 2.24) is 9.78 Å². The minimum Gasteiger partial charge on any atom is -0.490 e. The van der Waals surface area contributed by atoms with Gasteiger partial charge >= 0.3 is 0 Å². The van der Waals surface area contributed by atoms with Crippen molar-refractivity contribution in [3.05, 3.63) is 42.2 Å². The number of carbonyl (C=O) groups excluding carboxylic acids is 1. The van der Waals surface area contributed by atoms with Gasteiger partial charge in [0.25, 0.3) is 5.91 Å². The molecule has 2 heterocycles. The third kappa shape index (κ3) is 3.46. The molecule has 116 valence electrons. The molecule has 0 unspecified atom stereocenters. The van der Waals surface area contributed by atoms with Crippen molar-refractivity contribution in [1.29, 1.82) is 0 Å². The van der Waals surface area contributed by atoms with Crippen LogP contribution in [0.1, 0.15) is 23.2 Å². The van der Waals surface area contributed by atoms with Crippen LogP contribution in [0, 0.1) is 0 Å². The maximum absolute atomic E-state index is 12.4. The lowest BCUT2D eigenvalue weighted by Gasteiger charge is -2.14. The van der Waals surface area contributed by atoms with Gasteiger partial charge in [-0.2, -0.15) is 5.10 Å². The van der Waals surface area contributed by atoms with E-state index in [1.807, 2.05) is 12.1 Å². The average Bonchev–Trinajstić information content (AvgIpc) is 3.17. The molecule has 0 spiro atoms. The molecule has 0 radical (unpaired) electrons. The summed E-state index contributed by atoms with van der Waals surface area (Å²) in [5, 5.41) is 6.84. The second-order valence-electron chi connectivity index (χ2n) is 5.30. The fourth-order valence-corrected chi connectivity index (χ4v) is 2.42. The summed E-state index contributed by atoms with van der Waals surface area (Å²) >= 11 is 0. The van der Waals surface area contributed by atoms with E-state index in [9.17, 15) is 4.79 Å². The molecule has 6 heteroatoms. The lowest BCUT2D eigenvalue weighted by molar-refractivity contribution is 0.0673. The molecule has 0 bridgehead atoms. The number of amides is 1. The number of anilines is 1. The molecule has 1 aliphatic rings. The molecule has 1 fully saturated rings. The Morgan fingerprint density at radius 3 is 3.09 bits per heavy atom. The highest BCUT2D eigenvalue weighted by Gasteiger charge is 2.18. The molecule has 0 saturated carbocycles. The second-order valence-corrected chi connectivity index (χ2v) is 5.30. The summed E-state index contributed by atoms with van der Waals surface area (Å²) < 4.78 is 12.9. The molecule has 1 aliphatic heterocycles. The zero-order valence-electron chi connectivity index (χ0n) is 12.5. The van der Waals surface area contributed by atoms with Gasteiger partial charge in [0, 0.05) is 19.9 Å². The summed E-state index contributed by atoms with van der Waals surface area (Å²) in [5.74, 6) is 0.357. The van der Waals surface area contributed by atoms with Gasteiger partial charge in [0.2, 0.25) is 0 Å². The maximum atomic E-state index is 12.4. The molecule has 1 aromatic heterocycles. The van der Waals surface area contributed by atoms with Crippen LogP contribution in [0.4, 0.5) is 5.69 Å². The zero-order chi connectivity index (χ0) is 15.4. The highest BCUT2D eigenvalue weighted by molar-refractivity contribution is 6.06. The summed E-state index contributed by atoms with van der Waals surface area (Å²) in [6.07, 6.45) is 5.54. The Hall–Kier alpha value is -2.34. The molecule has 1 N–H and O–H groups in total. The molecular formula is C16H19N3O3. The van der Waals surface area contributed by atoms with Gasteiger partial charge in [-0.05, 0) is 25.0 Å². The van der Waals surface area contributed by atoms with E-state index >= 15 is 0 Å². The maximum Gasteiger partial charge on any atom is 0.259 e. The minimum atomic E-state index is -0.212. The third-order valence-electron chi connectivity index (χ3n) is 3.54. The minimum absolute atomic E-state index is 0.120. The molecule has 22 heavy (non-hydrogen) atoms. The van der Waals surface area contributed by atoms with Crippen molar-refractivity contribution in [2.45, 2.75) is 18.9 Å². The van der Waals surface area contributed by atoms with Crippen LogP contribution in [0.2, 0.25) is 0 Å². The number of nitrogens with one attached hydrogen (secondary N) is 1. The first-order valence-electron chi connectivity index (χ1n) is 7.36. The molecule has 3 rings (SSSR count).